The minimum absolute atomic E-state index is 0.751. The first-order valence-corrected chi connectivity index (χ1v) is 4.47. The lowest BCUT2D eigenvalue weighted by Gasteiger charge is -2.03. The van der Waals surface area contributed by atoms with Crippen LogP contribution in [0.15, 0.2) is 24.8 Å². The van der Waals surface area contributed by atoms with E-state index in [9.17, 15) is 0 Å². The summed E-state index contributed by atoms with van der Waals surface area (Å²) in [6, 6.07) is 5.85. The second-order valence-corrected chi connectivity index (χ2v) is 3.16. The molecule has 0 heterocycles. The molecule has 0 bridgehead atoms. The first-order valence-electron chi connectivity index (χ1n) is 4.09. The van der Waals surface area contributed by atoms with Crippen LogP contribution in [0.4, 0.5) is 0 Å². The van der Waals surface area contributed by atoms with Crippen molar-refractivity contribution in [3.05, 3.63) is 47.0 Å². The Morgan fingerprint density at radius 1 is 1.50 bits per heavy atom. The molecule has 0 saturated heterocycles. The van der Waals surface area contributed by atoms with Crippen molar-refractivity contribution in [1.82, 2.24) is 0 Å². The third-order valence-corrected chi connectivity index (χ3v) is 2.02. The van der Waals surface area contributed by atoms with Crippen LogP contribution in [0, 0.1) is 6.08 Å². The summed E-state index contributed by atoms with van der Waals surface area (Å²) in [4.78, 5) is 0. The van der Waals surface area contributed by atoms with Crippen molar-refractivity contribution in [2.45, 2.75) is 19.8 Å². The Morgan fingerprint density at radius 2 is 2.25 bits per heavy atom. The van der Waals surface area contributed by atoms with E-state index in [1.54, 1.807) is 0 Å². The summed E-state index contributed by atoms with van der Waals surface area (Å²) in [5, 5.41) is 0.751. The molecule has 1 rings (SSSR count). The summed E-state index contributed by atoms with van der Waals surface area (Å²) in [5.41, 5.74) is 2.31. The zero-order chi connectivity index (χ0) is 8.97. The van der Waals surface area contributed by atoms with Crippen LogP contribution < -0.4 is 0 Å². The standard InChI is InChI=1S/C11H12Cl/c1-3-5-10-6-7-11(12)8-9(10)4-2/h6-8H,2-3,5H2,1H3. The van der Waals surface area contributed by atoms with Crippen molar-refractivity contribution >= 4 is 11.6 Å². The van der Waals surface area contributed by atoms with E-state index in [2.05, 4.69) is 19.6 Å². The molecule has 0 saturated carbocycles. The minimum atomic E-state index is 0.751. The third kappa shape index (κ3) is 2.12. The molecule has 0 unspecified atom stereocenters. The topological polar surface area (TPSA) is 0 Å². The van der Waals surface area contributed by atoms with E-state index in [0.29, 0.717) is 0 Å². The van der Waals surface area contributed by atoms with E-state index >= 15 is 0 Å². The molecule has 0 aliphatic heterocycles. The summed E-state index contributed by atoms with van der Waals surface area (Å²) >= 11 is 5.83. The van der Waals surface area contributed by atoms with Gasteiger partial charge in [-0.05, 0) is 35.8 Å². The molecule has 1 radical (unpaired) electrons. The maximum atomic E-state index is 5.83. The highest BCUT2D eigenvalue weighted by Gasteiger charge is 1.98. The van der Waals surface area contributed by atoms with Gasteiger partial charge in [-0.25, -0.2) is 0 Å². The van der Waals surface area contributed by atoms with Gasteiger partial charge < -0.3 is 0 Å². The van der Waals surface area contributed by atoms with Gasteiger partial charge >= 0.3 is 0 Å². The van der Waals surface area contributed by atoms with Gasteiger partial charge in [0.25, 0.3) is 0 Å². The quantitative estimate of drug-likeness (QED) is 0.665. The SMILES string of the molecule is C=[C]c1cc(Cl)ccc1CCC. The molecule has 1 aromatic carbocycles. The van der Waals surface area contributed by atoms with Gasteiger partial charge in [-0.15, -0.1) is 0 Å². The largest absolute Gasteiger partial charge is 0.0905 e. The van der Waals surface area contributed by atoms with Crippen LogP contribution in [0.25, 0.3) is 0 Å². The van der Waals surface area contributed by atoms with Crippen LogP contribution in [0.3, 0.4) is 0 Å². The zero-order valence-corrected chi connectivity index (χ0v) is 7.99. The molecule has 1 aromatic rings. The third-order valence-electron chi connectivity index (χ3n) is 1.78. The van der Waals surface area contributed by atoms with E-state index in [4.69, 9.17) is 11.6 Å². The van der Waals surface area contributed by atoms with Crippen LogP contribution in [0.2, 0.25) is 5.02 Å². The molecule has 0 atom stereocenters. The van der Waals surface area contributed by atoms with E-state index in [-0.39, 0.29) is 0 Å². The van der Waals surface area contributed by atoms with E-state index < -0.39 is 0 Å². The Bertz CT molecular complexity index is 276. The molecule has 0 aliphatic rings. The molecule has 0 fully saturated rings. The Kier molecular flexibility index (Phi) is 3.36. The van der Waals surface area contributed by atoms with Crippen molar-refractivity contribution in [2.75, 3.05) is 0 Å². The van der Waals surface area contributed by atoms with Crippen molar-refractivity contribution in [3.8, 4) is 0 Å². The average molecular weight is 180 g/mol. The van der Waals surface area contributed by atoms with Crippen molar-refractivity contribution in [1.29, 1.82) is 0 Å². The highest BCUT2D eigenvalue weighted by Crippen LogP contribution is 2.17. The molecule has 0 amide bonds. The number of hydrogen-bond acceptors (Lipinski definition) is 0. The number of hydrogen-bond donors (Lipinski definition) is 0. The fraction of sp³-hybridized carbons (Fsp3) is 0.273. The van der Waals surface area contributed by atoms with Gasteiger partial charge in [0.2, 0.25) is 0 Å². The van der Waals surface area contributed by atoms with Crippen LogP contribution in [0.5, 0.6) is 0 Å². The highest BCUT2D eigenvalue weighted by molar-refractivity contribution is 6.30. The lowest BCUT2D eigenvalue weighted by Crippen LogP contribution is -1.88. The summed E-state index contributed by atoms with van der Waals surface area (Å²) in [6.07, 6.45) is 5.09. The average Bonchev–Trinajstić information content (AvgIpc) is 2.08. The van der Waals surface area contributed by atoms with Gasteiger partial charge in [-0.2, -0.15) is 0 Å². The molecule has 0 spiro atoms. The lowest BCUT2D eigenvalue weighted by atomic mass is 10.0. The predicted molar refractivity (Wildman–Crippen MR) is 53.4 cm³/mol. The number of rotatable bonds is 3. The van der Waals surface area contributed by atoms with Gasteiger partial charge in [0, 0.05) is 5.02 Å². The zero-order valence-electron chi connectivity index (χ0n) is 7.23. The van der Waals surface area contributed by atoms with Crippen LogP contribution >= 0.6 is 11.6 Å². The summed E-state index contributed by atoms with van der Waals surface area (Å²) in [7, 11) is 0. The smallest absolute Gasteiger partial charge is 0.0412 e. The van der Waals surface area contributed by atoms with E-state index in [1.165, 1.54) is 5.56 Å². The van der Waals surface area contributed by atoms with Crippen LogP contribution in [-0.2, 0) is 6.42 Å². The lowest BCUT2D eigenvalue weighted by molar-refractivity contribution is 0.917. The van der Waals surface area contributed by atoms with Gasteiger partial charge in [-0.1, -0.05) is 37.6 Å². The first kappa shape index (κ1) is 9.34. The predicted octanol–water partition coefficient (Wildman–Crippen LogP) is 3.63. The number of halogens is 1. The van der Waals surface area contributed by atoms with Crippen molar-refractivity contribution in [3.63, 3.8) is 0 Å². The Hall–Kier alpha value is -0.750. The number of benzene rings is 1. The molecular formula is C11H12Cl. The Morgan fingerprint density at radius 3 is 2.83 bits per heavy atom. The van der Waals surface area contributed by atoms with E-state index in [0.717, 1.165) is 23.4 Å². The maximum absolute atomic E-state index is 5.83. The molecular weight excluding hydrogens is 168 g/mol. The molecule has 0 aromatic heterocycles. The summed E-state index contributed by atoms with van der Waals surface area (Å²) in [6.45, 7) is 5.79. The van der Waals surface area contributed by atoms with Gasteiger partial charge in [0.05, 0.1) is 0 Å². The molecule has 0 N–H and O–H groups in total. The molecule has 0 aliphatic carbocycles. The van der Waals surface area contributed by atoms with Crippen molar-refractivity contribution < 1.29 is 0 Å². The Labute approximate surface area is 78.9 Å². The molecule has 1 heteroatoms. The molecule has 63 valence electrons. The first-order chi connectivity index (χ1) is 5.77. The number of aryl methyl sites for hydroxylation is 1. The van der Waals surface area contributed by atoms with Crippen LogP contribution in [0.1, 0.15) is 24.5 Å². The van der Waals surface area contributed by atoms with E-state index in [1.807, 2.05) is 18.2 Å². The maximum Gasteiger partial charge on any atom is 0.0412 e. The normalized spacial score (nSPS) is 9.83. The second-order valence-electron chi connectivity index (χ2n) is 2.73. The van der Waals surface area contributed by atoms with Gasteiger partial charge in [-0.3, -0.25) is 0 Å². The summed E-state index contributed by atoms with van der Waals surface area (Å²) < 4.78 is 0. The summed E-state index contributed by atoms with van der Waals surface area (Å²) in [5.74, 6) is 0. The molecule has 0 nitrogen and oxygen atoms in total. The fourth-order valence-corrected chi connectivity index (χ4v) is 1.37. The van der Waals surface area contributed by atoms with Crippen LogP contribution in [-0.4, -0.2) is 0 Å². The molecule has 12 heavy (non-hydrogen) atoms. The monoisotopic (exact) mass is 179 g/mol. The van der Waals surface area contributed by atoms with Crippen molar-refractivity contribution in [2.24, 2.45) is 0 Å². The fourth-order valence-electron chi connectivity index (χ4n) is 1.20. The highest BCUT2D eigenvalue weighted by atomic mass is 35.5. The van der Waals surface area contributed by atoms with Gasteiger partial charge in [0.1, 0.15) is 0 Å². The minimum Gasteiger partial charge on any atom is -0.0905 e. The Balaban J connectivity index is 3.02. The second kappa shape index (κ2) is 4.32. The van der Waals surface area contributed by atoms with Gasteiger partial charge in [0.15, 0.2) is 0 Å².